The number of fused-ring (bicyclic) bond motifs is 1. The molecule has 0 aliphatic rings. The summed E-state index contributed by atoms with van der Waals surface area (Å²) >= 11 is 1.39. The third-order valence-corrected chi connectivity index (χ3v) is 5.04. The number of H-pyrrole nitrogens is 1. The lowest BCUT2D eigenvalue weighted by Gasteiger charge is -2.08. The average Bonchev–Trinajstić information content (AvgIpc) is 3.04. The Morgan fingerprint density at radius 2 is 2.04 bits per heavy atom. The molecule has 0 atom stereocenters. The number of thioether (sulfide) groups is 1. The number of tetrazole rings is 1. The van der Waals surface area contributed by atoms with Crippen LogP contribution in [0.15, 0.2) is 34.2 Å². The first-order valence-electron chi connectivity index (χ1n) is 8.45. The molecule has 3 aromatic heterocycles. The van der Waals surface area contributed by atoms with Gasteiger partial charge in [-0.1, -0.05) is 23.9 Å². The average molecular weight is 395 g/mol. The summed E-state index contributed by atoms with van der Waals surface area (Å²) in [5, 5.41) is 15.9. The second-order valence-corrected chi connectivity index (χ2v) is 7.18. The predicted molar refractivity (Wildman–Crippen MR) is 106 cm³/mol. The highest BCUT2D eigenvalue weighted by Gasteiger charge is 2.09. The number of aryl methyl sites for hydroxylation is 3. The maximum atomic E-state index is 12.0. The van der Waals surface area contributed by atoms with Crippen molar-refractivity contribution in [2.24, 2.45) is 7.05 Å². The van der Waals surface area contributed by atoms with E-state index < -0.39 is 0 Å². The van der Waals surface area contributed by atoms with Crippen LogP contribution in [0.3, 0.4) is 0 Å². The van der Waals surface area contributed by atoms with Gasteiger partial charge in [-0.15, -0.1) is 5.10 Å². The fourth-order valence-corrected chi connectivity index (χ4v) is 3.43. The molecule has 3 heterocycles. The molecule has 10 nitrogen and oxygen atoms in total. The van der Waals surface area contributed by atoms with Gasteiger partial charge in [0.1, 0.15) is 0 Å². The van der Waals surface area contributed by atoms with E-state index in [1.165, 1.54) is 17.8 Å². The molecule has 0 radical (unpaired) electrons. The van der Waals surface area contributed by atoms with E-state index in [4.69, 9.17) is 0 Å². The van der Waals surface area contributed by atoms with E-state index >= 15 is 0 Å². The van der Waals surface area contributed by atoms with Crippen LogP contribution in [0.4, 0.5) is 11.9 Å². The zero-order valence-corrected chi connectivity index (χ0v) is 16.3. The van der Waals surface area contributed by atoms with Gasteiger partial charge in [0.25, 0.3) is 5.56 Å². The third kappa shape index (κ3) is 3.83. The van der Waals surface area contributed by atoms with E-state index in [0.717, 1.165) is 22.2 Å². The minimum absolute atomic E-state index is 0.266. The SMILES string of the molecule is Cc1ccc2c(C)nc(Nc3nc(CSc4nnnn4C)cc(=O)[nH]3)nc2c1. The molecule has 0 saturated carbocycles. The zero-order chi connectivity index (χ0) is 19.7. The van der Waals surface area contributed by atoms with Crippen LogP contribution in [-0.2, 0) is 12.8 Å². The van der Waals surface area contributed by atoms with E-state index in [0.29, 0.717) is 22.6 Å². The maximum absolute atomic E-state index is 12.0. The van der Waals surface area contributed by atoms with E-state index in [-0.39, 0.29) is 11.5 Å². The van der Waals surface area contributed by atoms with Crippen molar-refractivity contribution in [3.05, 3.63) is 51.6 Å². The van der Waals surface area contributed by atoms with Crippen molar-refractivity contribution in [2.75, 3.05) is 5.32 Å². The molecular weight excluding hydrogens is 378 g/mol. The Hall–Kier alpha value is -3.34. The Bertz CT molecular complexity index is 1220. The van der Waals surface area contributed by atoms with Gasteiger partial charge in [-0.25, -0.2) is 19.6 Å². The molecule has 0 aliphatic heterocycles. The largest absolute Gasteiger partial charge is 0.294 e. The van der Waals surface area contributed by atoms with Gasteiger partial charge in [-0.2, -0.15) is 0 Å². The first-order chi connectivity index (χ1) is 13.5. The number of anilines is 2. The molecular formula is C17H17N9OS. The Balaban J connectivity index is 1.59. The molecule has 0 bridgehead atoms. The topological polar surface area (TPSA) is 127 Å². The Labute approximate surface area is 163 Å². The number of hydrogen-bond donors (Lipinski definition) is 2. The standard InChI is InChI=1S/C17H17N9OS/c1-9-4-5-12-10(2)18-15(20-13(12)6-9)22-16-19-11(7-14(27)21-16)8-28-17-23-24-25-26(17)3/h4-7H,8H2,1-3H3,(H2,18,19,20,21,22,27). The van der Waals surface area contributed by atoms with Gasteiger partial charge in [0.2, 0.25) is 17.1 Å². The molecule has 28 heavy (non-hydrogen) atoms. The summed E-state index contributed by atoms with van der Waals surface area (Å²) in [6, 6.07) is 7.47. The van der Waals surface area contributed by atoms with E-state index in [1.54, 1.807) is 11.7 Å². The monoisotopic (exact) mass is 395 g/mol. The Kier molecular flexibility index (Phi) is 4.74. The van der Waals surface area contributed by atoms with Gasteiger partial charge in [0, 0.05) is 24.3 Å². The van der Waals surface area contributed by atoms with Crippen LogP contribution in [0, 0.1) is 13.8 Å². The summed E-state index contributed by atoms with van der Waals surface area (Å²) in [6.07, 6.45) is 0. The van der Waals surface area contributed by atoms with Crippen molar-refractivity contribution in [3.63, 3.8) is 0 Å². The highest BCUT2D eigenvalue weighted by atomic mass is 32.2. The van der Waals surface area contributed by atoms with Crippen LogP contribution >= 0.6 is 11.8 Å². The van der Waals surface area contributed by atoms with Crippen molar-refractivity contribution in [2.45, 2.75) is 24.8 Å². The quantitative estimate of drug-likeness (QED) is 0.487. The van der Waals surface area contributed by atoms with Crippen LogP contribution in [0.2, 0.25) is 0 Å². The van der Waals surface area contributed by atoms with Crippen molar-refractivity contribution in [1.82, 2.24) is 40.1 Å². The molecule has 0 saturated heterocycles. The molecule has 0 unspecified atom stereocenters. The fraction of sp³-hybridized carbons (Fsp3) is 0.235. The summed E-state index contributed by atoms with van der Waals surface area (Å²) in [5.41, 5.74) is 3.11. The second kappa shape index (κ2) is 7.35. The summed E-state index contributed by atoms with van der Waals surface area (Å²) in [4.78, 5) is 28.1. The van der Waals surface area contributed by atoms with Gasteiger partial charge in [0.15, 0.2) is 0 Å². The normalized spacial score (nSPS) is 11.1. The molecule has 4 rings (SSSR count). The first-order valence-corrected chi connectivity index (χ1v) is 9.44. The lowest BCUT2D eigenvalue weighted by molar-refractivity contribution is 0.664. The minimum atomic E-state index is -0.266. The molecule has 0 fully saturated rings. The molecule has 4 aromatic rings. The summed E-state index contributed by atoms with van der Waals surface area (Å²) < 4.78 is 1.56. The number of aromatic amines is 1. The van der Waals surface area contributed by atoms with Crippen LogP contribution < -0.4 is 10.9 Å². The highest BCUT2D eigenvalue weighted by Crippen LogP contribution is 2.21. The van der Waals surface area contributed by atoms with Gasteiger partial charge in [0.05, 0.1) is 16.9 Å². The van der Waals surface area contributed by atoms with Crippen molar-refractivity contribution in [3.8, 4) is 0 Å². The smallest absolute Gasteiger partial charge is 0.252 e. The number of aromatic nitrogens is 8. The lowest BCUT2D eigenvalue weighted by Crippen LogP contribution is -2.13. The van der Waals surface area contributed by atoms with Crippen LogP contribution in [0.25, 0.3) is 10.9 Å². The van der Waals surface area contributed by atoms with E-state index in [9.17, 15) is 4.79 Å². The molecule has 0 aliphatic carbocycles. The Morgan fingerprint density at radius 1 is 1.18 bits per heavy atom. The van der Waals surface area contributed by atoms with Crippen molar-refractivity contribution < 1.29 is 0 Å². The van der Waals surface area contributed by atoms with Gasteiger partial charge < -0.3 is 0 Å². The second-order valence-electron chi connectivity index (χ2n) is 6.24. The number of nitrogens with zero attached hydrogens (tertiary/aromatic N) is 7. The fourth-order valence-electron chi connectivity index (χ4n) is 2.68. The van der Waals surface area contributed by atoms with Crippen LogP contribution in [-0.4, -0.2) is 40.1 Å². The van der Waals surface area contributed by atoms with Gasteiger partial charge in [-0.3, -0.25) is 15.1 Å². The lowest BCUT2D eigenvalue weighted by atomic mass is 10.1. The van der Waals surface area contributed by atoms with Crippen molar-refractivity contribution >= 4 is 34.6 Å². The van der Waals surface area contributed by atoms with Gasteiger partial charge in [-0.05, 0) is 35.9 Å². The summed E-state index contributed by atoms with van der Waals surface area (Å²) in [7, 11) is 1.75. The van der Waals surface area contributed by atoms with Gasteiger partial charge >= 0.3 is 0 Å². The molecule has 0 amide bonds. The maximum Gasteiger partial charge on any atom is 0.252 e. The molecule has 1 aromatic carbocycles. The van der Waals surface area contributed by atoms with E-state index in [1.807, 2.05) is 32.0 Å². The number of rotatable bonds is 5. The number of nitrogens with one attached hydrogen (secondary N) is 2. The number of hydrogen-bond acceptors (Lipinski definition) is 9. The van der Waals surface area contributed by atoms with Crippen molar-refractivity contribution in [1.29, 1.82) is 0 Å². The first kappa shape index (κ1) is 18.0. The number of benzene rings is 1. The summed E-state index contributed by atoms with van der Waals surface area (Å²) in [5.74, 6) is 1.11. The Morgan fingerprint density at radius 3 is 2.82 bits per heavy atom. The van der Waals surface area contributed by atoms with E-state index in [2.05, 4.69) is 40.8 Å². The molecule has 142 valence electrons. The summed E-state index contributed by atoms with van der Waals surface area (Å²) in [6.45, 7) is 3.93. The predicted octanol–water partition coefficient (Wildman–Crippen LogP) is 1.89. The van der Waals surface area contributed by atoms with Crippen LogP contribution in [0.5, 0.6) is 0 Å². The minimum Gasteiger partial charge on any atom is -0.294 e. The highest BCUT2D eigenvalue weighted by molar-refractivity contribution is 7.98. The molecule has 2 N–H and O–H groups in total. The third-order valence-electron chi connectivity index (χ3n) is 4.00. The molecule has 11 heteroatoms. The molecule has 0 spiro atoms. The van der Waals surface area contributed by atoms with Crippen LogP contribution in [0.1, 0.15) is 17.0 Å². The zero-order valence-electron chi connectivity index (χ0n) is 15.5.